The number of rotatable bonds is 8. The molecule has 0 radical (unpaired) electrons. The number of sulfonamides is 2. The van der Waals surface area contributed by atoms with Gasteiger partial charge in [0.2, 0.25) is 10.0 Å². The normalized spacial score (nSPS) is 12.6. The lowest BCUT2D eigenvalue weighted by atomic mass is 9.87. The molecule has 0 saturated heterocycles. The summed E-state index contributed by atoms with van der Waals surface area (Å²) in [4.78, 5) is -0.0784. The van der Waals surface area contributed by atoms with Crippen molar-refractivity contribution in [2.45, 2.75) is 55.7 Å². The Bertz CT molecular complexity index is 1060. The molecule has 0 spiro atoms. The summed E-state index contributed by atoms with van der Waals surface area (Å²) in [5.41, 5.74) is 1.53. The number of nitrogens with two attached hydrogens (primary N) is 1. The van der Waals surface area contributed by atoms with Crippen molar-refractivity contribution in [1.29, 1.82) is 0 Å². The number of hydrogen-bond acceptors (Lipinski definition) is 5. The van der Waals surface area contributed by atoms with Crippen molar-refractivity contribution in [1.82, 2.24) is 0 Å². The Morgan fingerprint density at radius 3 is 2.00 bits per heavy atom. The minimum atomic E-state index is -3.97. The van der Waals surface area contributed by atoms with Gasteiger partial charge in [-0.15, -0.1) is 0 Å². The van der Waals surface area contributed by atoms with Gasteiger partial charge >= 0.3 is 0 Å². The minimum absolute atomic E-state index is 0.0889. The molecular formula is C20H29N3O4S2. The van der Waals surface area contributed by atoms with Crippen LogP contribution < -0.4 is 15.2 Å². The highest BCUT2D eigenvalue weighted by molar-refractivity contribution is 7.92. The summed E-state index contributed by atoms with van der Waals surface area (Å²) in [6.45, 7) is 8.79. The van der Waals surface area contributed by atoms with E-state index in [1.807, 2.05) is 27.7 Å². The molecule has 29 heavy (non-hydrogen) atoms. The maximum absolute atomic E-state index is 12.9. The second kappa shape index (κ2) is 8.73. The van der Waals surface area contributed by atoms with E-state index in [2.05, 4.69) is 10.0 Å². The van der Waals surface area contributed by atoms with Crippen molar-refractivity contribution >= 4 is 31.4 Å². The predicted octanol–water partition coefficient (Wildman–Crippen LogP) is 3.64. The second-order valence-electron chi connectivity index (χ2n) is 7.91. The Morgan fingerprint density at radius 2 is 1.48 bits per heavy atom. The summed E-state index contributed by atoms with van der Waals surface area (Å²) in [6.07, 6.45) is 1.85. The third kappa shape index (κ3) is 6.19. The average molecular weight is 440 g/mol. The maximum atomic E-state index is 12.9. The molecule has 2 aromatic carbocycles. The van der Waals surface area contributed by atoms with E-state index in [1.165, 1.54) is 30.3 Å². The van der Waals surface area contributed by atoms with Gasteiger partial charge in [-0.2, -0.15) is 0 Å². The average Bonchev–Trinajstić information content (AvgIpc) is 2.61. The Labute approximate surface area is 173 Å². The van der Waals surface area contributed by atoms with Crippen molar-refractivity contribution in [3.05, 3.63) is 48.0 Å². The molecule has 0 bridgehead atoms. The first-order valence-corrected chi connectivity index (χ1v) is 12.4. The Balaban J connectivity index is 2.41. The molecule has 0 amide bonds. The summed E-state index contributed by atoms with van der Waals surface area (Å²) in [5.74, 6) is 0. The lowest BCUT2D eigenvalue weighted by Crippen LogP contribution is -2.17. The van der Waals surface area contributed by atoms with Crippen LogP contribution in [0.1, 0.15) is 46.1 Å². The third-order valence-electron chi connectivity index (χ3n) is 4.44. The molecule has 7 nitrogen and oxygen atoms in total. The van der Waals surface area contributed by atoms with Crippen LogP contribution in [0.4, 0.5) is 11.4 Å². The third-order valence-corrected chi connectivity index (χ3v) is 6.73. The number of anilines is 2. The highest BCUT2D eigenvalue weighted by Crippen LogP contribution is 2.29. The van der Waals surface area contributed by atoms with Crippen molar-refractivity contribution in [3.8, 4) is 0 Å². The van der Waals surface area contributed by atoms with Crippen LogP contribution in [0.3, 0.4) is 0 Å². The molecule has 9 heteroatoms. The second-order valence-corrected chi connectivity index (χ2v) is 11.2. The van der Waals surface area contributed by atoms with Gasteiger partial charge in [0.15, 0.2) is 0 Å². The summed E-state index contributed by atoms with van der Waals surface area (Å²) in [6, 6.07) is 10.7. The molecule has 0 heterocycles. The van der Waals surface area contributed by atoms with Crippen LogP contribution >= 0.6 is 0 Å². The van der Waals surface area contributed by atoms with Crippen LogP contribution in [-0.2, 0) is 25.5 Å². The van der Waals surface area contributed by atoms with E-state index in [9.17, 15) is 16.8 Å². The Morgan fingerprint density at radius 1 is 0.897 bits per heavy atom. The van der Waals surface area contributed by atoms with Crippen LogP contribution in [0.5, 0.6) is 0 Å². The van der Waals surface area contributed by atoms with E-state index in [0.29, 0.717) is 12.2 Å². The molecule has 0 aliphatic carbocycles. The highest BCUT2D eigenvalue weighted by Gasteiger charge is 2.20. The summed E-state index contributed by atoms with van der Waals surface area (Å²) in [7, 11) is -7.89. The zero-order valence-electron chi connectivity index (χ0n) is 17.2. The highest BCUT2D eigenvalue weighted by atomic mass is 32.2. The first kappa shape index (κ1) is 23.2. The molecule has 0 unspecified atom stereocenters. The summed E-state index contributed by atoms with van der Waals surface area (Å²) in [5, 5.41) is 8.34. The fourth-order valence-electron chi connectivity index (χ4n) is 2.68. The van der Waals surface area contributed by atoms with Crippen LogP contribution in [0.25, 0.3) is 0 Å². The van der Waals surface area contributed by atoms with Crippen LogP contribution in [-0.4, -0.2) is 23.4 Å². The lowest BCUT2D eigenvalue weighted by molar-refractivity contribution is 0.587. The molecule has 2 rings (SSSR count). The summed E-state index contributed by atoms with van der Waals surface area (Å²) >= 11 is 0. The van der Waals surface area contributed by atoms with Crippen molar-refractivity contribution in [2.75, 3.05) is 16.6 Å². The van der Waals surface area contributed by atoms with Crippen LogP contribution in [0.2, 0.25) is 0 Å². The molecule has 4 N–H and O–H groups in total. The van der Waals surface area contributed by atoms with E-state index in [1.54, 1.807) is 12.1 Å². The molecule has 0 saturated carbocycles. The van der Waals surface area contributed by atoms with Crippen molar-refractivity contribution in [2.24, 2.45) is 5.14 Å². The smallest absolute Gasteiger partial charge is 0.261 e. The van der Waals surface area contributed by atoms with Gasteiger partial charge in [0.1, 0.15) is 0 Å². The number of benzene rings is 2. The first-order chi connectivity index (χ1) is 13.3. The first-order valence-electron chi connectivity index (χ1n) is 9.38. The van der Waals surface area contributed by atoms with Gasteiger partial charge in [-0.3, -0.25) is 4.72 Å². The molecular weight excluding hydrogens is 410 g/mol. The van der Waals surface area contributed by atoms with Gasteiger partial charge in [-0.1, -0.05) is 46.2 Å². The molecule has 0 atom stereocenters. The van der Waals surface area contributed by atoms with Gasteiger partial charge in [0.05, 0.1) is 21.2 Å². The monoisotopic (exact) mass is 439 g/mol. The fourth-order valence-corrected chi connectivity index (χ4v) is 4.29. The zero-order chi connectivity index (χ0) is 21.9. The SMILES string of the molecule is CCCCNc1ccc(S(N)(=O)=O)cc1NS(=O)(=O)c1ccc(C(C)(C)C)cc1. The number of nitrogens with one attached hydrogen (secondary N) is 2. The van der Waals surface area contributed by atoms with E-state index in [0.717, 1.165) is 18.4 Å². The fraction of sp³-hybridized carbons (Fsp3) is 0.400. The summed E-state index contributed by atoms with van der Waals surface area (Å²) < 4.78 is 51.7. The molecule has 160 valence electrons. The van der Waals surface area contributed by atoms with E-state index >= 15 is 0 Å². The van der Waals surface area contributed by atoms with E-state index in [-0.39, 0.29) is 20.9 Å². The molecule has 0 aliphatic heterocycles. The van der Waals surface area contributed by atoms with Gasteiger partial charge in [-0.05, 0) is 47.7 Å². The van der Waals surface area contributed by atoms with Crippen molar-refractivity contribution < 1.29 is 16.8 Å². The largest absolute Gasteiger partial charge is 0.383 e. The van der Waals surface area contributed by atoms with Gasteiger partial charge in [0, 0.05) is 6.54 Å². The molecule has 0 aliphatic rings. The van der Waals surface area contributed by atoms with Crippen LogP contribution in [0.15, 0.2) is 52.3 Å². The van der Waals surface area contributed by atoms with Gasteiger partial charge in [-0.25, -0.2) is 22.0 Å². The Kier molecular flexibility index (Phi) is 6.97. The molecule has 0 fully saturated rings. The minimum Gasteiger partial charge on any atom is -0.383 e. The van der Waals surface area contributed by atoms with E-state index < -0.39 is 20.0 Å². The maximum Gasteiger partial charge on any atom is 0.261 e. The quantitative estimate of drug-likeness (QED) is 0.543. The van der Waals surface area contributed by atoms with Crippen LogP contribution in [0, 0.1) is 0 Å². The van der Waals surface area contributed by atoms with Crippen molar-refractivity contribution in [3.63, 3.8) is 0 Å². The lowest BCUT2D eigenvalue weighted by Gasteiger charge is -2.19. The van der Waals surface area contributed by atoms with Gasteiger partial charge < -0.3 is 5.32 Å². The molecule has 2 aromatic rings. The predicted molar refractivity (Wildman–Crippen MR) is 117 cm³/mol. The topological polar surface area (TPSA) is 118 Å². The standard InChI is InChI=1S/C20H29N3O4S2/c1-5-6-13-22-18-12-11-17(28(21,24)25)14-19(18)23-29(26,27)16-9-7-15(8-10-16)20(2,3)4/h7-12,14,22-23H,5-6,13H2,1-4H3,(H2,21,24,25). The zero-order valence-corrected chi connectivity index (χ0v) is 18.8. The number of unbranched alkanes of at least 4 members (excludes halogenated alkanes) is 1. The Hall–Kier alpha value is -2.10. The number of primary sulfonamides is 1. The number of hydrogen-bond donors (Lipinski definition) is 3. The molecule has 0 aromatic heterocycles. The van der Waals surface area contributed by atoms with E-state index in [4.69, 9.17) is 5.14 Å². The van der Waals surface area contributed by atoms with Gasteiger partial charge in [0.25, 0.3) is 10.0 Å².